The van der Waals surface area contributed by atoms with Gasteiger partial charge in [0.2, 0.25) is 0 Å². The van der Waals surface area contributed by atoms with Crippen molar-refractivity contribution in [2.75, 3.05) is 5.73 Å². The lowest BCUT2D eigenvalue weighted by Crippen LogP contribution is -2.07. The van der Waals surface area contributed by atoms with E-state index >= 15 is 0 Å². The molecule has 0 saturated carbocycles. The number of Topliss-reactive ketones (excluding diaryl/α,β-unsaturated/α-hetero) is 1. The van der Waals surface area contributed by atoms with Crippen LogP contribution in [0, 0.1) is 6.92 Å². The monoisotopic (exact) mass is 275 g/mol. The summed E-state index contributed by atoms with van der Waals surface area (Å²) >= 11 is 0. The van der Waals surface area contributed by atoms with E-state index in [9.17, 15) is 4.79 Å². The fourth-order valence-corrected chi connectivity index (χ4v) is 2.67. The first-order valence-electron chi connectivity index (χ1n) is 7.02. The minimum absolute atomic E-state index is 0.108. The third kappa shape index (κ3) is 2.52. The maximum atomic E-state index is 12.6. The van der Waals surface area contributed by atoms with Crippen LogP contribution in [-0.2, 0) is 6.42 Å². The third-order valence-corrected chi connectivity index (χ3v) is 3.91. The topological polar surface area (TPSA) is 43.1 Å². The van der Waals surface area contributed by atoms with Crippen LogP contribution in [0.3, 0.4) is 0 Å². The highest BCUT2D eigenvalue weighted by atomic mass is 16.1. The van der Waals surface area contributed by atoms with Gasteiger partial charge in [0.05, 0.1) is 0 Å². The molecule has 21 heavy (non-hydrogen) atoms. The van der Waals surface area contributed by atoms with E-state index in [1.807, 2.05) is 49.4 Å². The quantitative estimate of drug-likeness (QED) is 0.576. The Labute approximate surface area is 124 Å². The van der Waals surface area contributed by atoms with Gasteiger partial charge in [-0.2, -0.15) is 0 Å². The standard InChI is InChI=1S/C19H17NO/c1-13-16(10-5-11-18(13)20)19(21)12-15-8-4-7-14-6-2-3-9-17(14)15/h2-11H,12,20H2,1H3. The number of ketones is 1. The van der Waals surface area contributed by atoms with Crippen molar-refractivity contribution in [3.8, 4) is 0 Å². The van der Waals surface area contributed by atoms with E-state index in [0.717, 1.165) is 21.9 Å². The predicted octanol–water partition coefficient (Wildman–Crippen LogP) is 4.16. The van der Waals surface area contributed by atoms with E-state index in [4.69, 9.17) is 5.73 Å². The van der Waals surface area contributed by atoms with Gasteiger partial charge in [-0.05, 0) is 34.9 Å². The Morgan fingerprint density at radius 1 is 0.952 bits per heavy atom. The lowest BCUT2D eigenvalue weighted by Gasteiger charge is -2.09. The first kappa shape index (κ1) is 13.4. The van der Waals surface area contributed by atoms with Gasteiger partial charge in [0, 0.05) is 17.7 Å². The van der Waals surface area contributed by atoms with Crippen LogP contribution in [0.1, 0.15) is 21.5 Å². The SMILES string of the molecule is Cc1c(N)cccc1C(=O)Cc1cccc2ccccc12. The molecule has 0 amide bonds. The minimum Gasteiger partial charge on any atom is -0.398 e. The van der Waals surface area contributed by atoms with Crippen molar-refractivity contribution in [2.24, 2.45) is 0 Å². The van der Waals surface area contributed by atoms with Crippen molar-refractivity contribution in [1.82, 2.24) is 0 Å². The molecular weight excluding hydrogens is 258 g/mol. The zero-order chi connectivity index (χ0) is 14.8. The largest absolute Gasteiger partial charge is 0.398 e. The van der Waals surface area contributed by atoms with Gasteiger partial charge in [0.15, 0.2) is 5.78 Å². The van der Waals surface area contributed by atoms with Gasteiger partial charge in [-0.1, -0.05) is 54.6 Å². The molecule has 0 saturated heterocycles. The minimum atomic E-state index is 0.108. The summed E-state index contributed by atoms with van der Waals surface area (Å²) in [6.07, 6.45) is 0.394. The maximum absolute atomic E-state index is 12.6. The Hall–Kier alpha value is -2.61. The van der Waals surface area contributed by atoms with E-state index in [1.54, 1.807) is 0 Å². The second-order valence-electron chi connectivity index (χ2n) is 5.26. The summed E-state index contributed by atoms with van der Waals surface area (Å²) in [6.45, 7) is 1.89. The van der Waals surface area contributed by atoms with Crippen LogP contribution in [0.25, 0.3) is 10.8 Å². The van der Waals surface area contributed by atoms with Gasteiger partial charge in [-0.3, -0.25) is 4.79 Å². The summed E-state index contributed by atoms with van der Waals surface area (Å²) in [5.41, 5.74) is 9.19. The molecule has 104 valence electrons. The van der Waals surface area contributed by atoms with Gasteiger partial charge in [-0.25, -0.2) is 0 Å². The number of nitrogens with two attached hydrogens (primary N) is 1. The summed E-state index contributed by atoms with van der Waals surface area (Å²) in [5.74, 6) is 0.108. The number of nitrogen functional groups attached to an aromatic ring is 1. The van der Waals surface area contributed by atoms with Crippen molar-refractivity contribution in [3.05, 3.63) is 77.4 Å². The number of carbonyl (C=O) groups is 1. The Balaban J connectivity index is 1.99. The third-order valence-electron chi connectivity index (χ3n) is 3.91. The molecule has 0 aliphatic heterocycles. The molecule has 3 rings (SSSR count). The zero-order valence-electron chi connectivity index (χ0n) is 12.0. The second kappa shape index (κ2) is 5.41. The molecule has 2 nitrogen and oxygen atoms in total. The number of benzene rings is 3. The van der Waals surface area contributed by atoms with Crippen LogP contribution < -0.4 is 5.73 Å². The fraction of sp³-hybridized carbons (Fsp3) is 0.105. The summed E-state index contributed by atoms with van der Waals surface area (Å²) < 4.78 is 0. The molecule has 3 aromatic rings. The van der Waals surface area contributed by atoms with E-state index in [-0.39, 0.29) is 5.78 Å². The van der Waals surface area contributed by atoms with Crippen molar-refractivity contribution in [1.29, 1.82) is 0 Å². The number of rotatable bonds is 3. The Morgan fingerprint density at radius 2 is 1.67 bits per heavy atom. The first-order chi connectivity index (χ1) is 10.2. The van der Waals surface area contributed by atoms with Crippen LogP contribution in [0.4, 0.5) is 5.69 Å². The summed E-state index contributed by atoms with van der Waals surface area (Å²) in [5, 5.41) is 2.29. The summed E-state index contributed by atoms with van der Waals surface area (Å²) in [6, 6.07) is 19.7. The van der Waals surface area contributed by atoms with E-state index in [2.05, 4.69) is 18.2 Å². The molecule has 0 atom stereocenters. The van der Waals surface area contributed by atoms with Crippen LogP contribution in [-0.4, -0.2) is 5.78 Å². The average Bonchev–Trinajstić information content (AvgIpc) is 2.50. The highest BCUT2D eigenvalue weighted by molar-refractivity contribution is 6.02. The van der Waals surface area contributed by atoms with Crippen LogP contribution >= 0.6 is 0 Å². The molecule has 0 spiro atoms. The average molecular weight is 275 g/mol. The maximum Gasteiger partial charge on any atom is 0.167 e. The van der Waals surface area contributed by atoms with Crippen molar-refractivity contribution in [2.45, 2.75) is 13.3 Å². The molecule has 0 aliphatic carbocycles. The molecule has 2 heteroatoms. The zero-order valence-corrected chi connectivity index (χ0v) is 12.0. The van der Waals surface area contributed by atoms with Crippen LogP contribution in [0.5, 0.6) is 0 Å². The molecule has 0 aromatic heterocycles. The molecule has 0 unspecified atom stereocenters. The fourth-order valence-electron chi connectivity index (χ4n) is 2.67. The van der Waals surface area contributed by atoms with E-state index in [1.165, 1.54) is 0 Å². The van der Waals surface area contributed by atoms with Crippen LogP contribution in [0.2, 0.25) is 0 Å². The number of fused-ring (bicyclic) bond motifs is 1. The molecular formula is C19H17NO. The van der Waals surface area contributed by atoms with Gasteiger partial charge < -0.3 is 5.73 Å². The van der Waals surface area contributed by atoms with Crippen molar-refractivity contribution in [3.63, 3.8) is 0 Å². The highest BCUT2D eigenvalue weighted by Gasteiger charge is 2.12. The molecule has 0 heterocycles. The second-order valence-corrected chi connectivity index (χ2v) is 5.26. The van der Waals surface area contributed by atoms with Crippen LogP contribution in [0.15, 0.2) is 60.7 Å². The molecule has 3 aromatic carbocycles. The summed E-state index contributed by atoms with van der Waals surface area (Å²) in [7, 11) is 0. The predicted molar refractivity (Wildman–Crippen MR) is 87.6 cm³/mol. The van der Waals surface area contributed by atoms with E-state index in [0.29, 0.717) is 17.7 Å². The van der Waals surface area contributed by atoms with Gasteiger partial charge in [-0.15, -0.1) is 0 Å². The Bertz CT molecular complexity index is 815. The van der Waals surface area contributed by atoms with Gasteiger partial charge >= 0.3 is 0 Å². The number of anilines is 1. The molecule has 2 N–H and O–H groups in total. The van der Waals surface area contributed by atoms with Gasteiger partial charge in [0.1, 0.15) is 0 Å². The first-order valence-corrected chi connectivity index (χ1v) is 7.02. The molecule has 0 radical (unpaired) electrons. The normalized spacial score (nSPS) is 10.7. The lowest BCUT2D eigenvalue weighted by molar-refractivity contribution is 0.0993. The number of hydrogen-bond donors (Lipinski definition) is 1. The van der Waals surface area contributed by atoms with Crippen molar-refractivity contribution >= 4 is 22.2 Å². The van der Waals surface area contributed by atoms with Gasteiger partial charge in [0.25, 0.3) is 0 Å². The Morgan fingerprint density at radius 3 is 2.52 bits per heavy atom. The number of hydrogen-bond acceptors (Lipinski definition) is 2. The molecule has 0 aliphatic rings. The Kier molecular flexibility index (Phi) is 3.44. The van der Waals surface area contributed by atoms with Crippen molar-refractivity contribution < 1.29 is 4.79 Å². The number of carbonyl (C=O) groups excluding carboxylic acids is 1. The lowest BCUT2D eigenvalue weighted by atomic mass is 9.95. The van der Waals surface area contributed by atoms with E-state index < -0.39 is 0 Å². The highest BCUT2D eigenvalue weighted by Crippen LogP contribution is 2.22. The summed E-state index contributed by atoms with van der Waals surface area (Å²) in [4.78, 5) is 12.6. The molecule has 0 bridgehead atoms. The smallest absolute Gasteiger partial charge is 0.167 e. The molecule has 0 fully saturated rings.